The highest BCUT2D eigenvalue weighted by Gasteiger charge is 2.28. The molecule has 1 aliphatic heterocycles. The van der Waals surface area contributed by atoms with E-state index in [2.05, 4.69) is 0 Å². The Morgan fingerprint density at radius 1 is 1.50 bits per heavy atom. The van der Waals surface area contributed by atoms with Crippen LogP contribution in [-0.2, 0) is 10.2 Å². The van der Waals surface area contributed by atoms with E-state index in [9.17, 15) is 8.42 Å². The Bertz CT molecular complexity index is 252. The Kier molecular flexibility index (Phi) is 2.72. The number of hydrogen-bond acceptors (Lipinski definition) is 3. The van der Waals surface area contributed by atoms with Gasteiger partial charge in [0, 0.05) is 19.1 Å². The van der Waals surface area contributed by atoms with Crippen molar-refractivity contribution < 1.29 is 8.42 Å². The molecule has 0 aromatic carbocycles. The molecule has 2 atom stereocenters. The minimum Gasteiger partial charge on any atom is -0.327 e. The zero-order chi connectivity index (χ0) is 9.35. The van der Waals surface area contributed by atoms with Gasteiger partial charge in [-0.3, -0.25) is 0 Å². The Labute approximate surface area is 72.9 Å². The van der Waals surface area contributed by atoms with Gasteiger partial charge in [0.1, 0.15) is 0 Å². The maximum absolute atomic E-state index is 10.9. The molecule has 0 aromatic rings. The van der Waals surface area contributed by atoms with E-state index in [1.165, 1.54) is 4.31 Å². The third-order valence-corrected chi connectivity index (χ3v) is 3.35. The maximum atomic E-state index is 10.9. The highest BCUT2D eigenvalue weighted by Crippen LogP contribution is 2.15. The summed E-state index contributed by atoms with van der Waals surface area (Å²) in [5.41, 5.74) is 5.72. The second-order valence-electron chi connectivity index (χ2n) is 3.33. The molecule has 0 spiro atoms. The Morgan fingerprint density at radius 3 is 2.50 bits per heavy atom. The normalized spacial score (nSPS) is 33.6. The third-order valence-electron chi connectivity index (χ3n) is 2.29. The summed E-state index contributed by atoms with van der Waals surface area (Å²) in [4.78, 5) is 0. The molecule has 2 unspecified atom stereocenters. The fourth-order valence-electron chi connectivity index (χ4n) is 1.36. The lowest BCUT2D eigenvalue weighted by Gasteiger charge is -2.32. The summed E-state index contributed by atoms with van der Waals surface area (Å²) in [5, 5.41) is 4.98. The molecule has 0 aliphatic carbocycles. The van der Waals surface area contributed by atoms with Crippen molar-refractivity contribution in [3.05, 3.63) is 0 Å². The van der Waals surface area contributed by atoms with Crippen LogP contribution in [0.2, 0.25) is 0 Å². The van der Waals surface area contributed by atoms with Crippen molar-refractivity contribution in [3.63, 3.8) is 0 Å². The summed E-state index contributed by atoms with van der Waals surface area (Å²) in [6.45, 7) is 2.83. The average Bonchev–Trinajstić information content (AvgIpc) is 1.92. The SMILES string of the molecule is CC1CN(S(N)(=O)=O)CCC1N. The number of nitrogens with zero attached hydrogens (tertiary/aromatic N) is 1. The van der Waals surface area contributed by atoms with E-state index in [1.807, 2.05) is 6.92 Å². The van der Waals surface area contributed by atoms with Crippen LogP contribution < -0.4 is 10.9 Å². The summed E-state index contributed by atoms with van der Waals surface area (Å²) in [6, 6.07) is 0.1000. The third kappa shape index (κ3) is 2.16. The molecule has 0 amide bonds. The van der Waals surface area contributed by atoms with Crippen molar-refractivity contribution in [2.24, 2.45) is 16.8 Å². The summed E-state index contributed by atoms with van der Waals surface area (Å²) < 4.78 is 23.1. The van der Waals surface area contributed by atoms with Crippen LogP contribution in [0.15, 0.2) is 0 Å². The smallest absolute Gasteiger partial charge is 0.276 e. The summed E-state index contributed by atoms with van der Waals surface area (Å²) >= 11 is 0. The highest BCUT2D eigenvalue weighted by atomic mass is 32.2. The van der Waals surface area contributed by atoms with Crippen LogP contribution in [0.1, 0.15) is 13.3 Å². The molecule has 1 rings (SSSR count). The van der Waals surface area contributed by atoms with E-state index >= 15 is 0 Å². The van der Waals surface area contributed by atoms with Crippen LogP contribution in [0.5, 0.6) is 0 Å². The van der Waals surface area contributed by atoms with E-state index in [0.29, 0.717) is 19.5 Å². The van der Waals surface area contributed by atoms with Gasteiger partial charge < -0.3 is 5.73 Å². The van der Waals surface area contributed by atoms with Crippen molar-refractivity contribution in [1.82, 2.24) is 4.31 Å². The number of rotatable bonds is 1. The van der Waals surface area contributed by atoms with Gasteiger partial charge in [-0.1, -0.05) is 6.92 Å². The molecule has 6 heteroatoms. The van der Waals surface area contributed by atoms with Crippen LogP contribution >= 0.6 is 0 Å². The van der Waals surface area contributed by atoms with Gasteiger partial charge in [-0.05, 0) is 12.3 Å². The Morgan fingerprint density at radius 2 is 2.08 bits per heavy atom. The standard InChI is InChI=1S/C6H15N3O2S/c1-5-4-9(12(8,10)11)3-2-6(5)7/h5-6H,2-4,7H2,1H3,(H2,8,10,11). The minimum atomic E-state index is -3.50. The quantitative estimate of drug-likeness (QED) is 0.551. The van der Waals surface area contributed by atoms with Gasteiger partial charge in [-0.2, -0.15) is 12.7 Å². The van der Waals surface area contributed by atoms with Crippen molar-refractivity contribution >= 4 is 10.2 Å². The molecular weight excluding hydrogens is 178 g/mol. The summed E-state index contributed by atoms with van der Waals surface area (Å²) in [5.74, 6) is 0.192. The van der Waals surface area contributed by atoms with Crippen LogP contribution in [0.25, 0.3) is 0 Å². The predicted molar refractivity (Wildman–Crippen MR) is 46.4 cm³/mol. The summed E-state index contributed by atoms with van der Waals surface area (Å²) in [7, 11) is -3.50. The van der Waals surface area contributed by atoms with E-state index in [0.717, 1.165) is 0 Å². The number of piperidine rings is 1. The number of nitrogens with two attached hydrogens (primary N) is 2. The summed E-state index contributed by atoms with van der Waals surface area (Å²) in [6.07, 6.45) is 0.692. The average molecular weight is 193 g/mol. The zero-order valence-corrected chi connectivity index (χ0v) is 7.92. The molecule has 5 nitrogen and oxygen atoms in total. The predicted octanol–water partition coefficient (Wildman–Crippen LogP) is -1.14. The molecule has 1 fully saturated rings. The first-order chi connectivity index (χ1) is 5.41. The molecule has 4 N–H and O–H groups in total. The largest absolute Gasteiger partial charge is 0.327 e. The minimum absolute atomic E-state index is 0.1000. The molecule has 0 radical (unpaired) electrons. The van der Waals surface area contributed by atoms with Crippen molar-refractivity contribution in [2.75, 3.05) is 13.1 Å². The first-order valence-electron chi connectivity index (χ1n) is 3.94. The van der Waals surface area contributed by atoms with Gasteiger partial charge in [0.2, 0.25) is 0 Å². The first-order valence-corrected chi connectivity index (χ1v) is 5.45. The van der Waals surface area contributed by atoms with E-state index in [-0.39, 0.29) is 12.0 Å². The fraction of sp³-hybridized carbons (Fsp3) is 1.00. The van der Waals surface area contributed by atoms with Gasteiger partial charge in [0.25, 0.3) is 10.2 Å². The second kappa shape index (κ2) is 3.29. The van der Waals surface area contributed by atoms with Crippen molar-refractivity contribution in [1.29, 1.82) is 0 Å². The maximum Gasteiger partial charge on any atom is 0.276 e. The topological polar surface area (TPSA) is 89.4 Å². The van der Waals surface area contributed by atoms with Gasteiger partial charge in [-0.15, -0.1) is 0 Å². The Hall–Kier alpha value is -0.170. The first kappa shape index (κ1) is 9.91. The van der Waals surface area contributed by atoms with Gasteiger partial charge in [-0.25, -0.2) is 5.14 Å². The van der Waals surface area contributed by atoms with Crippen LogP contribution in [0.3, 0.4) is 0 Å². The second-order valence-corrected chi connectivity index (χ2v) is 4.88. The van der Waals surface area contributed by atoms with Crippen LogP contribution in [0.4, 0.5) is 0 Å². The molecule has 1 aliphatic rings. The van der Waals surface area contributed by atoms with Crippen molar-refractivity contribution in [2.45, 2.75) is 19.4 Å². The van der Waals surface area contributed by atoms with Crippen molar-refractivity contribution in [3.8, 4) is 0 Å². The molecule has 72 valence electrons. The molecule has 12 heavy (non-hydrogen) atoms. The molecule has 1 heterocycles. The van der Waals surface area contributed by atoms with E-state index < -0.39 is 10.2 Å². The molecular formula is C6H15N3O2S. The monoisotopic (exact) mass is 193 g/mol. The Balaban J connectivity index is 2.64. The number of hydrogen-bond donors (Lipinski definition) is 2. The molecule has 0 bridgehead atoms. The lowest BCUT2D eigenvalue weighted by molar-refractivity contribution is 0.250. The lowest BCUT2D eigenvalue weighted by Crippen LogP contribution is -2.50. The zero-order valence-electron chi connectivity index (χ0n) is 7.10. The highest BCUT2D eigenvalue weighted by molar-refractivity contribution is 7.86. The van der Waals surface area contributed by atoms with E-state index in [1.54, 1.807) is 0 Å². The molecule has 0 aromatic heterocycles. The van der Waals surface area contributed by atoms with Crippen LogP contribution in [0, 0.1) is 5.92 Å². The van der Waals surface area contributed by atoms with Crippen LogP contribution in [-0.4, -0.2) is 31.9 Å². The van der Waals surface area contributed by atoms with Gasteiger partial charge in [0.15, 0.2) is 0 Å². The fourth-order valence-corrected chi connectivity index (χ4v) is 2.16. The van der Waals surface area contributed by atoms with E-state index in [4.69, 9.17) is 10.9 Å². The van der Waals surface area contributed by atoms with Gasteiger partial charge in [0.05, 0.1) is 0 Å². The molecule has 0 saturated carbocycles. The van der Waals surface area contributed by atoms with Gasteiger partial charge >= 0.3 is 0 Å². The lowest BCUT2D eigenvalue weighted by atomic mass is 9.96. The molecule has 1 saturated heterocycles.